The normalized spacial score (nSPS) is 32.2. The van der Waals surface area contributed by atoms with Crippen molar-refractivity contribution in [3.8, 4) is 0 Å². The molecule has 2 fully saturated rings. The summed E-state index contributed by atoms with van der Waals surface area (Å²) >= 11 is 0. The first kappa shape index (κ1) is 13.4. The van der Waals surface area contributed by atoms with E-state index in [-0.39, 0.29) is 17.2 Å². The average molecular weight is 253 g/mol. The summed E-state index contributed by atoms with van der Waals surface area (Å²) in [4.78, 5) is 25.3. The number of hydrogen-bond acceptors (Lipinski definition) is 2. The van der Waals surface area contributed by atoms with Crippen molar-refractivity contribution in [2.45, 2.75) is 40.0 Å². The first-order chi connectivity index (χ1) is 8.27. The lowest BCUT2D eigenvalue weighted by atomic mass is 9.72. The van der Waals surface area contributed by atoms with Crippen LogP contribution in [0.1, 0.15) is 40.0 Å². The van der Waals surface area contributed by atoms with E-state index < -0.39 is 5.97 Å². The van der Waals surface area contributed by atoms with Gasteiger partial charge in [-0.15, -0.1) is 0 Å². The van der Waals surface area contributed by atoms with E-state index in [1.165, 1.54) is 0 Å². The van der Waals surface area contributed by atoms with Crippen molar-refractivity contribution < 1.29 is 14.7 Å². The number of hydrogen-bond donors (Lipinski definition) is 1. The molecule has 2 unspecified atom stereocenters. The molecular weight excluding hydrogens is 230 g/mol. The Bertz CT molecular complexity index is 345. The van der Waals surface area contributed by atoms with E-state index in [4.69, 9.17) is 5.11 Å². The fourth-order valence-electron chi connectivity index (χ4n) is 3.40. The number of carboxylic acids is 1. The molecule has 4 heteroatoms. The van der Waals surface area contributed by atoms with Crippen molar-refractivity contribution in [1.82, 2.24) is 4.90 Å². The molecule has 2 aliphatic rings. The molecule has 0 aromatic heterocycles. The first-order valence-electron chi connectivity index (χ1n) is 6.79. The molecule has 2 rings (SSSR count). The third-order valence-electron chi connectivity index (χ3n) is 4.14. The average Bonchev–Trinajstić information content (AvgIpc) is 2.25. The molecule has 1 saturated carbocycles. The van der Waals surface area contributed by atoms with Crippen LogP contribution in [-0.2, 0) is 9.59 Å². The molecule has 102 valence electrons. The van der Waals surface area contributed by atoms with Gasteiger partial charge in [-0.2, -0.15) is 0 Å². The van der Waals surface area contributed by atoms with Gasteiger partial charge in [0.25, 0.3) is 0 Å². The van der Waals surface area contributed by atoms with Gasteiger partial charge in [-0.1, -0.05) is 20.8 Å². The maximum absolute atomic E-state index is 12.3. The van der Waals surface area contributed by atoms with Gasteiger partial charge in [0.1, 0.15) is 0 Å². The summed E-state index contributed by atoms with van der Waals surface area (Å²) in [6, 6.07) is 0. The van der Waals surface area contributed by atoms with Gasteiger partial charge < -0.3 is 10.0 Å². The van der Waals surface area contributed by atoms with E-state index in [1.54, 1.807) is 0 Å². The van der Waals surface area contributed by atoms with Crippen molar-refractivity contribution in [3.63, 3.8) is 0 Å². The summed E-state index contributed by atoms with van der Waals surface area (Å²) in [5.74, 6) is 0.0988. The Hall–Kier alpha value is -1.06. The first-order valence-corrected chi connectivity index (χ1v) is 6.79. The van der Waals surface area contributed by atoms with Gasteiger partial charge in [-0.05, 0) is 31.1 Å². The molecule has 0 aromatic carbocycles. The van der Waals surface area contributed by atoms with Gasteiger partial charge in [0.15, 0.2) is 0 Å². The van der Waals surface area contributed by atoms with Crippen LogP contribution in [0.5, 0.6) is 0 Å². The zero-order chi connectivity index (χ0) is 13.5. The Morgan fingerprint density at radius 1 is 1.06 bits per heavy atom. The lowest BCUT2D eigenvalue weighted by Crippen LogP contribution is -2.51. The van der Waals surface area contributed by atoms with Crippen LogP contribution < -0.4 is 0 Å². The summed E-state index contributed by atoms with van der Waals surface area (Å²) in [5, 5.41) is 9.12. The van der Waals surface area contributed by atoms with Gasteiger partial charge in [0.2, 0.25) is 5.91 Å². The molecule has 4 nitrogen and oxygen atoms in total. The van der Waals surface area contributed by atoms with Crippen LogP contribution in [0.2, 0.25) is 0 Å². The Balaban J connectivity index is 2.03. The minimum Gasteiger partial charge on any atom is -0.481 e. The number of rotatable bonds is 1. The van der Waals surface area contributed by atoms with Crippen LogP contribution in [0, 0.1) is 23.2 Å². The smallest absolute Gasteiger partial charge is 0.306 e. The van der Waals surface area contributed by atoms with E-state index >= 15 is 0 Å². The van der Waals surface area contributed by atoms with Crippen molar-refractivity contribution in [3.05, 3.63) is 0 Å². The summed E-state index contributed by atoms with van der Waals surface area (Å²) in [7, 11) is 0. The predicted octanol–water partition coefficient (Wildman–Crippen LogP) is 1.99. The van der Waals surface area contributed by atoms with Gasteiger partial charge in [-0.25, -0.2) is 0 Å². The Morgan fingerprint density at radius 3 is 1.94 bits per heavy atom. The van der Waals surface area contributed by atoms with Crippen LogP contribution in [-0.4, -0.2) is 35.0 Å². The minimum atomic E-state index is -0.666. The molecule has 2 atom stereocenters. The van der Waals surface area contributed by atoms with Gasteiger partial charge in [-0.3, -0.25) is 9.59 Å². The number of aliphatic carboxylic acids is 1. The Labute approximate surface area is 108 Å². The highest BCUT2D eigenvalue weighted by Gasteiger charge is 2.40. The number of amides is 1. The molecule has 1 saturated heterocycles. The summed E-state index contributed by atoms with van der Waals surface area (Å²) in [6.07, 6.45) is 2.57. The molecule has 1 aliphatic carbocycles. The fraction of sp³-hybridized carbons (Fsp3) is 0.857. The summed E-state index contributed by atoms with van der Waals surface area (Å²) in [6.45, 7) is 7.33. The van der Waals surface area contributed by atoms with Crippen LogP contribution in [0.3, 0.4) is 0 Å². The van der Waals surface area contributed by atoms with Gasteiger partial charge in [0, 0.05) is 18.5 Å². The maximum Gasteiger partial charge on any atom is 0.306 e. The number of carbonyl (C=O) groups is 2. The van der Waals surface area contributed by atoms with Crippen molar-refractivity contribution >= 4 is 11.9 Å². The van der Waals surface area contributed by atoms with Crippen molar-refractivity contribution in [2.24, 2.45) is 23.2 Å². The number of carbonyl (C=O) groups excluding carboxylic acids is 1. The molecule has 0 spiro atoms. The van der Waals surface area contributed by atoms with Gasteiger partial charge in [0.05, 0.1) is 5.92 Å². The Kier molecular flexibility index (Phi) is 3.39. The molecule has 18 heavy (non-hydrogen) atoms. The summed E-state index contributed by atoms with van der Waals surface area (Å²) in [5.41, 5.74) is -0.335. The monoisotopic (exact) mass is 253 g/mol. The quantitative estimate of drug-likeness (QED) is 0.777. The van der Waals surface area contributed by atoms with Crippen LogP contribution in [0.25, 0.3) is 0 Å². The van der Waals surface area contributed by atoms with E-state index in [9.17, 15) is 9.59 Å². The van der Waals surface area contributed by atoms with E-state index in [0.29, 0.717) is 11.8 Å². The third-order valence-corrected chi connectivity index (χ3v) is 4.14. The third kappa shape index (κ3) is 2.68. The fourth-order valence-corrected chi connectivity index (χ4v) is 3.40. The van der Waals surface area contributed by atoms with Crippen LogP contribution >= 0.6 is 0 Å². The Morgan fingerprint density at radius 2 is 1.56 bits per heavy atom. The van der Waals surface area contributed by atoms with Crippen LogP contribution in [0.15, 0.2) is 0 Å². The maximum atomic E-state index is 12.3. The standard InChI is InChI=1S/C14H23NO3/c1-14(2,3)13(18)15-7-9-4-10(8-15)6-11(5-9)12(16)17/h9-11H,4-8H2,1-3H3,(H,16,17). The second-order valence-electron chi connectivity index (χ2n) is 6.93. The second-order valence-corrected chi connectivity index (χ2v) is 6.93. The molecule has 1 aliphatic heterocycles. The van der Waals surface area contributed by atoms with Crippen molar-refractivity contribution in [2.75, 3.05) is 13.1 Å². The molecular formula is C14H23NO3. The van der Waals surface area contributed by atoms with E-state index in [1.807, 2.05) is 25.7 Å². The molecule has 2 bridgehead atoms. The minimum absolute atomic E-state index is 0.194. The highest BCUT2D eigenvalue weighted by molar-refractivity contribution is 5.81. The van der Waals surface area contributed by atoms with Crippen LogP contribution in [0.4, 0.5) is 0 Å². The zero-order valence-corrected chi connectivity index (χ0v) is 11.5. The predicted molar refractivity (Wildman–Crippen MR) is 68.0 cm³/mol. The van der Waals surface area contributed by atoms with E-state index in [0.717, 1.165) is 32.4 Å². The summed E-state index contributed by atoms with van der Waals surface area (Å²) < 4.78 is 0. The van der Waals surface area contributed by atoms with Gasteiger partial charge >= 0.3 is 5.97 Å². The topological polar surface area (TPSA) is 57.6 Å². The molecule has 0 radical (unpaired) electrons. The highest BCUT2D eigenvalue weighted by Crippen LogP contribution is 2.39. The number of likely N-dealkylation sites (tertiary alicyclic amines) is 1. The lowest BCUT2D eigenvalue weighted by Gasteiger charge is -2.45. The molecule has 1 amide bonds. The largest absolute Gasteiger partial charge is 0.481 e. The second kappa shape index (κ2) is 4.56. The lowest BCUT2D eigenvalue weighted by molar-refractivity contribution is -0.148. The molecule has 1 N–H and O–H groups in total. The SMILES string of the molecule is CC(C)(C)C(=O)N1CC2CC(CC(C(=O)O)C2)C1. The molecule has 0 aromatic rings. The number of piperidine rings is 1. The van der Waals surface area contributed by atoms with E-state index in [2.05, 4.69) is 0 Å². The van der Waals surface area contributed by atoms with Crippen molar-refractivity contribution in [1.29, 1.82) is 0 Å². The highest BCUT2D eigenvalue weighted by atomic mass is 16.4. The molecule has 1 heterocycles. The number of nitrogens with zero attached hydrogens (tertiary/aromatic N) is 1. The number of fused-ring (bicyclic) bond motifs is 2. The zero-order valence-electron chi connectivity index (χ0n) is 11.5. The number of carboxylic acid groups (broad SMARTS) is 1.